The van der Waals surface area contributed by atoms with Gasteiger partial charge in [-0.2, -0.15) is 0 Å². The van der Waals surface area contributed by atoms with Crippen LogP contribution in [0.4, 0.5) is 0 Å². The molecule has 0 fully saturated rings. The molecule has 0 unspecified atom stereocenters. The van der Waals surface area contributed by atoms with Gasteiger partial charge in [0.15, 0.2) is 0 Å². The molecule has 0 bridgehead atoms. The fourth-order valence-corrected chi connectivity index (χ4v) is 2.89. The molecule has 0 spiro atoms. The number of hydrogen-bond acceptors (Lipinski definition) is 2. The molecule has 2 aromatic rings. The molecule has 0 atom stereocenters. The summed E-state index contributed by atoms with van der Waals surface area (Å²) in [5.41, 5.74) is 0.306. The van der Waals surface area contributed by atoms with Gasteiger partial charge in [-0.25, -0.2) is 4.79 Å². The lowest BCUT2D eigenvalue weighted by molar-refractivity contribution is 0.0697. The quantitative estimate of drug-likeness (QED) is 0.818. The average molecular weight is 302 g/mol. The predicted octanol–water partition coefficient (Wildman–Crippen LogP) is 4.92. The number of fused-ring (bicyclic) bond motifs is 1. The molecule has 4 heteroatoms. The molecule has 2 rings (SSSR count). The Morgan fingerprint density at radius 2 is 1.62 bits per heavy atom. The van der Waals surface area contributed by atoms with Gasteiger partial charge in [0, 0.05) is 0 Å². The van der Waals surface area contributed by atoms with Crippen LogP contribution in [0.1, 0.15) is 31.1 Å². The summed E-state index contributed by atoms with van der Waals surface area (Å²) in [4.78, 5) is 11.0. The first-order valence-electron chi connectivity index (χ1n) is 7.06. The van der Waals surface area contributed by atoms with Crippen LogP contribution in [0.25, 0.3) is 10.8 Å². The van der Waals surface area contributed by atoms with Crippen molar-refractivity contribution in [2.24, 2.45) is 0 Å². The van der Waals surface area contributed by atoms with Crippen LogP contribution in [0, 0.1) is 0 Å². The van der Waals surface area contributed by atoms with E-state index in [4.69, 9.17) is 9.53 Å². The van der Waals surface area contributed by atoms with Crippen LogP contribution >= 0.6 is 0 Å². The van der Waals surface area contributed by atoms with Crippen molar-refractivity contribution in [3.63, 3.8) is 0 Å². The van der Waals surface area contributed by atoms with Crippen LogP contribution in [-0.2, 0) is 0 Å². The van der Waals surface area contributed by atoms with Crippen molar-refractivity contribution >= 4 is 25.1 Å². The number of carboxylic acids is 1. The number of carbonyl (C=O) groups is 1. The predicted molar refractivity (Wildman–Crippen MR) is 88.7 cm³/mol. The molecule has 3 nitrogen and oxygen atoms in total. The van der Waals surface area contributed by atoms with Gasteiger partial charge in [0.1, 0.15) is 5.75 Å². The van der Waals surface area contributed by atoms with Crippen LogP contribution in [0.15, 0.2) is 36.4 Å². The lowest BCUT2D eigenvalue weighted by atomic mass is 10.1. The molecule has 0 saturated carbocycles. The van der Waals surface area contributed by atoms with Crippen molar-refractivity contribution < 1.29 is 14.3 Å². The lowest BCUT2D eigenvalue weighted by Gasteiger charge is -2.36. The zero-order chi connectivity index (χ0) is 15.8. The second-order valence-electron chi connectivity index (χ2n) is 6.89. The smallest absolute Gasteiger partial charge is 0.335 e. The topological polar surface area (TPSA) is 46.5 Å². The Hall–Kier alpha value is -1.81. The van der Waals surface area contributed by atoms with Gasteiger partial charge in [-0.05, 0) is 53.2 Å². The first-order chi connectivity index (χ1) is 9.60. The summed E-state index contributed by atoms with van der Waals surface area (Å²) in [6.07, 6.45) is 0. The number of hydrogen-bond donors (Lipinski definition) is 1. The summed E-state index contributed by atoms with van der Waals surface area (Å²) in [5, 5.41) is 11.1. The van der Waals surface area contributed by atoms with Crippen LogP contribution in [0.5, 0.6) is 5.75 Å². The first-order valence-corrected chi connectivity index (χ1v) is 9.97. The highest BCUT2D eigenvalue weighted by molar-refractivity contribution is 6.74. The summed E-state index contributed by atoms with van der Waals surface area (Å²) in [6, 6.07) is 11.0. The SMILES string of the molecule is CC(C)(C)[Si](C)(C)Oc1ccc2cc(C(=O)O)ccc2c1. The summed E-state index contributed by atoms with van der Waals surface area (Å²) in [7, 11) is -1.86. The van der Waals surface area contributed by atoms with E-state index < -0.39 is 14.3 Å². The van der Waals surface area contributed by atoms with Gasteiger partial charge < -0.3 is 9.53 Å². The standard InChI is InChI=1S/C17H22O3Si/c1-17(2,3)21(4,5)20-15-9-8-12-10-14(16(18)19)7-6-13(12)11-15/h6-11H,1-5H3,(H,18,19). The van der Waals surface area contributed by atoms with Gasteiger partial charge in [-0.3, -0.25) is 0 Å². The Bertz CT molecular complexity index is 684. The number of benzene rings is 2. The van der Waals surface area contributed by atoms with Crippen molar-refractivity contribution in [2.45, 2.75) is 38.9 Å². The Labute approximate surface area is 126 Å². The van der Waals surface area contributed by atoms with Crippen molar-refractivity contribution in [2.75, 3.05) is 0 Å². The molecule has 0 amide bonds. The molecule has 112 valence electrons. The molecular weight excluding hydrogens is 280 g/mol. The zero-order valence-electron chi connectivity index (χ0n) is 13.2. The Kier molecular flexibility index (Phi) is 3.85. The molecule has 0 aliphatic heterocycles. The minimum atomic E-state index is -1.86. The maximum atomic E-state index is 11.0. The first kappa shape index (κ1) is 15.6. The van der Waals surface area contributed by atoms with Crippen molar-refractivity contribution in [3.05, 3.63) is 42.0 Å². The second-order valence-corrected chi connectivity index (χ2v) is 11.6. The highest BCUT2D eigenvalue weighted by atomic mass is 28.4. The summed E-state index contributed by atoms with van der Waals surface area (Å²) in [5.74, 6) is -0.0457. The molecule has 0 radical (unpaired) electrons. The van der Waals surface area contributed by atoms with Gasteiger partial charge in [0.05, 0.1) is 5.56 Å². The average Bonchev–Trinajstić information content (AvgIpc) is 2.36. The van der Waals surface area contributed by atoms with Crippen molar-refractivity contribution in [3.8, 4) is 5.75 Å². The minimum Gasteiger partial charge on any atom is -0.543 e. The van der Waals surface area contributed by atoms with E-state index in [-0.39, 0.29) is 5.04 Å². The van der Waals surface area contributed by atoms with Gasteiger partial charge >= 0.3 is 5.97 Å². The van der Waals surface area contributed by atoms with Gasteiger partial charge in [0.25, 0.3) is 0 Å². The van der Waals surface area contributed by atoms with Crippen LogP contribution in [0.2, 0.25) is 18.1 Å². The largest absolute Gasteiger partial charge is 0.543 e. The van der Waals surface area contributed by atoms with Gasteiger partial charge in [0.2, 0.25) is 8.32 Å². The number of rotatable bonds is 3. The van der Waals surface area contributed by atoms with E-state index in [9.17, 15) is 4.79 Å². The summed E-state index contributed by atoms with van der Waals surface area (Å²) < 4.78 is 6.27. The second kappa shape index (κ2) is 5.19. The van der Waals surface area contributed by atoms with Gasteiger partial charge in [-0.15, -0.1) is 0 Å². The minimum absolute atomic E-state index is 0.148. The molecule has 1 N–H and O–H groups in total. The summed E-state index contributed by atoms with van der Waals surface area (Å²) >= 11 is 0. The monoisotopic (exact) mass is 302 g/mol. The fraction of sp³-hybridized carbons (Fsp3) is 0.353. The van der Waals surface area contributed by atoms with E-state index in [1.165, 1.54) is 0 Å². The molecule has 0 aliphatic rings. The molecule has 0 saturated heterocycles. The zero-order valence-corrected chi connectivity index (χ0v) is 14.2. The highest BCUT2D eigenvalue weighted by Crippen LogP contribution is 2.37. The van der Waals surface area contributed by atoms with Gasteiger partial charge in [-0.1, -0.05) is 32.9 Å². The molecule has 2 aromatic carbocycles. The van der Waals surface area contributed by atoms with Crippen molar-refractivity contribution in [1.29, 1.82) is 0 Å². The molecule has 0 aliphatic carbocycles. The van der Waals surface area contributed by atoms with E-state index >= 15 is 0 Å². The lowest BCUT2D eigenvalue weighted by Crippen LogP contribution is -2.43. The van der Waals surface area contributed by atoms with Crippen LogP contribution < -0.4 is 4.43 Å². The Morgan fingerprint density at radius 1 is 1.05 bits per heavy atom. The maximum absolute atomic E-state index is 11.0. The Morgan fingerprint density at radius 3 is 2.19 bits per heavy atom. The normalized spacial score (nSPS) is 12.4. The van der Waals surface area contributed by atoms with E-state index in [0.29, 0.717) is 5.56 Å². The molecule has 21 heavy (non-hydrogen) atoms. The number of aromatic carboxylic acids is 1. The molecular formula is C17H22O3Si. The third kappa shape index (κ3) is 3.27. The van der Waals surface area contributed by atoms with Crippen LogP contribution in [-0.4, -0.2) is 19.4 Å². The van der Waals surface area contributed by atoms with Crippen LogP contribution in [0.3, 0.4) is 0 Å². The Balaban J connectivity index is 2.36. The van der Waals surface area contributed by atoms with E-state index in [1.807, 2.05) is 24.3 Å². The third-order valence-electron chi connectivity index (χ3n) is 4.24. The fourth-order valence-electron chi connectivity index (χ4n) is 1.87. The maximum Gasteiger partial charge on any atom is 0.335 e. The number of carboxylic acid groups (broad SMARTS) is 1. The van der Waals surface area contributed by atoms with E-state index in [0.717, 1.165) is 16.5 Å². The van der Waals surface area contributed by atoms with Crippen molar-refractivity contribution in [1.82, 2.24) is 0 Å². The summed E-state index contributed by atoms with van der Waals surface area (Å²) in [6.45, 7) is 11.0. The highest BCUT2D eigenvalue weighted by Gasteiger charge is 2.38. The third-order valence-corrected chi connectivity index (χ3v) is 8.60. The molecule has 0 aromatic heterocycles. The molecule has 0 heterocycles. The van der Waals surface area contributed by atoms with E-state index in [1.54, 1.807) is 12.1 Å². The van der Waals surface area contributed by atoms with E-state index in [2.05, 4.69) is 33.9 Å².